The molecule has 5 heteroatoms. The predicted octanol–water partition coefficient (Wildman–Crippen LogP) is 1.89. The molecule has 17 heavy (non-hydrogen) atoms. The lowest BCUT2D eigenvalue weighted by molar-refractivity contribution is 0.0699. The van der Waals surface area contributed by atoms with Crippen LogP contribution < -0.4 is 0 Å². The molecule has 0 aliphatic heterocycles. The van der Waals surface area contributed by atoms with Crippen molar-refractivity contribution in [3.05, 3.63) is 41.7 Å². The Bertz CT molecular complexity index is 746. The highest BCUT2D eigenvalue weighted by Crippen LogP contribution is 2.21. The molecule has 2 aromatic heterocycles. The average Bonchev–Trinajstić information content (AvgIpc) is 2.70. The van der Waals surface area contributed by atoms with E-state index < -0.39 is 5.97 Å². The SMILES string of the molecule is Cc1nnc2cc(C(=O)O)c3ccccc3n12. The summed E-state index contributed by atoms with van der Waals surface area (Å²) >= 11 is 0. The fourth-order valence-corrected chi connectivity index (χ4v) is 2.05. The van der Waals surface area contributed by atoms with E-state index in [1.54, 1.807) is 12.1 Å². The quantitative estimate of drug-likeness (QED) is 0.689. The van der Waals surface area contributed by atoms with Crippen molar-refractivity contribution < 1.29 is 9.90 Å². The van der Waals surface area contributed by atoms with E-state index in [2.05, 4.69) is 10.2 Å². The topological polar surface area (TPSA) is 67.5 Å². The summed E-state index contributed by atoms with van der Waals surface area (Å²) in [6.07, 6.45) is 0. The number of carbonyl (C=O) groups is 1. The number of pyridine rings is 1. The highest BCUT2D eigenvalue weighted by molar-refractivity contribution is 6.04. The number of rotatable bonds is 1. The molecule has 3 aromatic rings. The van der Waals surface area contributed by atoms with Gasteiger partial charge in [0, 0.05) is 5.39 Å². The molecule has 0 saturated carbocycles. The van der Waals surface area contributed by atoms with Crippen LogP contribution in [0.3, 0.4) is 0 Å². The third-order valence-electron chi connectivity index (χ3n) is 2.79. The number of para-hydroxylation sites is 1. The number of aromatic carboxylic acids is 1. The molecule has 0 fully saturated rings. The summed E-state index contributed by atoms with van der Waals surface area (Å²) in [7, 11) is 0. The van der Waals surface area contributed by atoms with Crippen LogP contribution in [0.5, 0.6) is 0 Å². The maximum Gasteiger partial charge on any atom is 0.336 e. The number of aryl methyl sites for hydroxylation is 1. The third-order valence-corrected chi connectivity index (χ3v) is 2.79. The average molecular weight is 227 g/mol. The molecular weight excluding hydrogens is 218 g/mol. The lowest BCUT2D eigenvalue weighted by Crippen LogP contribution is -2.01. The summed E-state index contributed by atoms with van der Waals surface area (Å²) in [5.41, 5.74) is 1.61. The minimum absolute atomic E-state index is 0.250. The minimum atomic E-state index is -0.954. The van der Waals surface area contributed by atoms with Crippen molar-refractivity contribution in [1.29, 1.82) is 0 Å². The van der Waals surface area contributed by atoms with Crippen LogP contribution in [-0.4, -0.2) is 25.7 Å². The second-order valence-electron chi connectivity index (χ2n) is 3.82. The van der Waals surface area contributed by atoms with Crippen LogP contribution in [0.1, 0.15) is 16.2 Å². The predicted molar refractivity (Wildman–Crippen MR) is 62.2 cm³/mol. The number of fused-ring (bicyclic) bond motifs is 3. The number of carboxylic acids is 1. The van der Waals surface area contributed by atoms with Crippen molar-refractivity contribution in [2.24, 2.45) is 0 Å². The van der Waals surface area contributed by atoms with Crippen molar-refractivity contribution in [2.75, 3.05) is 0 Å². The molecule has 0 bridgehead atoms. The second-order valence-corrected chi connectivity index (χ2v) is 3.82. The second kappa shape index (κ2) is 3.28. The standard InChI is InChI=1S/C12H9N3O2/c1-7-13-14-11-6-9(12(16)17)8-4-2-3-5-10(8)15(7)11/h2-6H,1H3,(H,16,17). The molecule has 0 aliphatic rings. The molecule has 0 unspecified atom stereocenters. The van der Waals surface area contributed by atoms with Gasteiger partial charge in [0.05, 0.1) is 11.1 Å². The van der Waals surface area contributed by atoms with Gasteiger partial charge >= 0.3 is 5.97 Å². The summed E-state index contributed by atoms with van der Waals surface area (Å²) in [6, 6.07) is 8.89. The number of carboxylic acid groups (broad SMARTS) is 1. The van der Waals surface area contributed by atoms with Gasteiger partial charge in [0.15, 0.2) is 5.65 Å². The zero-order chi connectivity index (χ0) is 12.0. The van der Waals surface area contributed by atoms with E-state index in [4.69, 9.17) is 0 Å². The maximum absolute atomic E-state index is 11.2. The van der Waals surface area contributed by atoms with Gasteiger partial charge in [0.1, 0.15) is 5.82 Å². The van der Waals surface area contributed by atoms with Crippen molar-refractivity contribution in [3.8, 4) is 0 Å². The van der Waals surface area contributed by atoms with Gasteiger partial charge in [-0.3, -0.25) is 4.40 Å². The van der Waals surface area contributed by atoms with Crippen molar-refractivity contribution in [2.45, 2.75) is 6.92 Å². The molecular formula is C12H9N3O2. The molecule has 5 nitrogen and oxygen atoms in total. The van der Waals surface area contributed by atoms with E-state index in [0.717, 1.165) is 11.3 Å². The monoisotopic (exact) mass is 227 g/mol. The lowest BCUT2D eigenvalue weighted by atomic mass is 10.1. The normalized spacial score (nSPS) is 11.1. The Hall–Kier alpha value is -2.43. The van der Waals surface area contributed by atoms with Crippen LogP contribution in [0.25, 0.3) is 16.6 Å². The van der Waals surface area contributed by atoms with Gasteiger partial charge in [-0.25, -0.2) is 4.79 Å². The first-order valence-electron chi connectivity index (χ1n) is 5.15. The van der Waals surface area contributed by atoms with Crippen LogP contribution in [0.2, 0.25) is 0 Å². The van der Waals surface area contributed by atoms with Gasteiger partial charge in [0.2, 0.25) is 0 Å². The lowest BCUT2D eigenvalue weighted by Gasteiger charge is -2.05. The first kappa shape index (κ1) is 9.77. The molecule has 2 heterocycles. The summed E-state index contributed by atoms with van der Waals surface area (Å²) in [5, 5.41) is 17.8. The Morgan fingerprint density at radius 3 is 2.82 bits per heavy atom. The zero-order valence-electron chi connectivity index (χ0n) is 9.08. The molecule has 1 N–H and O–H groups in total. The molecule has 0 atom stereocenters. The first-order chi connectivity index (χ1) is 8.18. The van der Waals surface area contributed by atoms with Gasteiger partial charge in [-0.05, 0) is 19.1 Å². The third kappa shape index (κ3) is 1.29. The summed E-state index contributed by atoms with van der Waals surface area (Å²) in [5.74, 6) is -0.211. The van der Waals surface area contributed by atoms with E-state index in [1.807, 2.05) is 29.5 Å². The van der Waals surface area contributed by atoms with Crippen LogP contribution in [0.15, 0.2) is 30.3 Å². The number of benzene rings is 1. The Labute approximate surface area is 96.3 Å². The highest BCUT2D eigenvalue weighted by atomic mass is 16.4. The molecule has 0 amide bonds. The smallest absolute Gasteiger partial charge is 0.336 e. The van der Waals surface area contributed by atoms with E-state index in [-0.39, 0.29) is 5.56 Å². The first-order valence-corrected chi connectivity index (χ1v) is 5.15. The van der Waals surface area contributed by atoms with Crippen LogP contribution in [-0.2, 0) is 0 Å². The van der Waals surface area contributed by atoms with Crippen molar-refractivity contribution in [3.63, 3.8) is 0 Å². The zero-order valence-corrected chi connectivity index (χ0v) is 9.08. The number of hydrogen-bond acceptors (Lipinski definition) is 3. The van der Waals surface area contributed by atoms with Crippen LogP contribution in [0, 0.1) is 6.92 Å². The fourth-order valence-electron chi connectivity index (χ4n) is 2.05. The number of hydrogen-bond donors (Lipinski definition) is 1. The molecule has 1 aromatic carbocycles. The summed E-state index contributed by atoms with van der Waals surface area (Å²) in [4.78, 5) is 11.2. The molecule has 0 spiro atoms. The number of aromatic nitrogens is 3. The van der Waals surface area contributed by atoms with Crippen LogP contribution in [0.4, 0.5) is 0 Å². The van der Waals surface area contributed by atoms with E-state index in [9.17, 15) is 9.90 Å². The number of nitrogens with zero attached hydrogens (tertiary/aromatic N) is 3. The molecule has 84 valence electrons. The Morgan fingerprint density at radius 1 is 1.29 bits per heavy atom. The summed E-state index contributed by atoms with van der Waals surface area (Å²) < 4.78 is 1.85. The Kier molecular flexibility index (Phi) is 1.89. The van der Waals surface area contributed by atoms with E-state index >= 15 is 0 Å². The molecule has 0 aliphatic carbocycles. The largest absolute Gasteiger partial charge is 0.478 e. The van der Waals surface area contributed by atoms with Crippen LogP contribution >= 0.6 is 0 Å². The summed E-state index contributed by atoms with van der Waals surface area (Å²) in [6.45, 7) is 1.84. The fraction of sp³-hybridized carbons (Fsp3) is 0.0833. The Morgan fingerprint density at radius 2 is 2.06 bits per heavy atom. The van der Waals surface area contributed by atoms with Crippen molar-refractivity contribution in [1.82, 2.24) is 14.6 Å². The van der Waals surface area contributed by atoms with E-state index in [1.165, 1.54) is 0 Å². The highest BCUT2D eigenvalue weighted by Gasteiger charge is 2.13. The molecule has 0 radical (unpaired) electrons. The molecule has 0 saturated heterocycles. The van der Waals surface area contributed by atoms with Gasteiger partial charge in [-0.1, -0.05) is 18.2 Å². The van der Waals surface area contributed by atoms with Gasteiger partial charge < -0.3 is 5.11 Å². The maximum atomic E-state index is 11.2. The minimum Gasteiger partial charge on any atom is -0.478 e. The van der Waals surface area contributed by atoms with Gasteiger partial charge in [-0.15, -0.1) is 10.2 Å². The van der Waals surface area contributed by atoms with Crippen molar-refractivity contribution >= 4 is 22.5 Å². The Balaban J connectivity index is 2.61. The van der Waals surface area contributed by atoms with Gasteiger partial charge in [0.25, 0.3) is 0 Å². The van der Waals surface area contributed by atoms with Gasteiger partial charge in [-0.2, -0.15) is 0 Å². The van der Waals surface area contributed by atoms with E-state index in [0.29, 0.717) is 11.0 Å². The molecule has 3 rings (SSSR count).